The lowest BCUT2D eigenvalue weighted by molar-refractivity contribution is 0.0542. The predicted molar refractivity (Wildman–Crippen MR) is 76.9 cm³/mol. The molecule has 0 atom stereocenters. The van der Waals surface area contributed by atoms with Crippen molar-refractivity contribution >= 4 is 0 Å². The van der Waals surface area contributed by atoms with Crippen LogP contribution in [0.25, 0.3) is 0 Å². The van der Waals surface area contributed by atoms with Crippen molar-refractivity contribution in [3.8, 4) is 5.75 Å². The number of hydrogen-bond acceptors (Lipinski definition) is 4. The minimum Gasteiger partial charge on any atom is -0.491 e. The molecule has 1 rings (SSSR count). The van der Waals surface area contributed by atoms with E-state index >= 15 is 0 Å². The minimum absolute atomic E-state index is 0.557. The quantitative estimate of drug-likeness (QED) is 0.694. The summed E-state index contributed by atoms with van der Waals surface area (Å²) in [6.45, 7) is 7.15. The number of benzene rings is 1. The molecule has 0 heterocycles. The van der Waals surface area contributed by atoms with Gasteiger partial charge in [-0.2, -0.15) is 0 Å². The molecule has 0 aromatic heterocycles. The second-order valence-electron chi connectivity index (χ2n) is 4.55. The van der Waals surface area contributed by atoms with Crippen molar-refractivity contribution in [1.82, 2.24) is 0 Å². The molecule has 0 amide bonds. The van der Waals surface area contributed by atoms with Crippen molar-refractivity contribution in [2.75, 3.05) is 40.1 Å². The lowest BCUT2D eigenvalue weighted by atomic mass is 10.0. The Kier molecular flexibility index (Phi) is 7.48. The summed E-state index contributed by atoms with van der Waals surface area (Å²) in [5, 5.41) is 0. The first-order valence-corrected chi connectivity index (χ1v) is 6.68. The molecule has 19 heavy (non-hydrogen) atoms. The predicted octanol–water partition coefficient (Wildman–Crippen LogP) is 1.85. The van der Waals surface area contributed by atoms with E-state index in [4.69, 9.17) is 19.9 Å². The van der Waals surface area contributed by atoms with Crippen LogP contribution in [0.2, 0.25) is 0 Å². The van der Waals surface area contributed by atoms with Gasteiger partial charge in [-0.3, -0.25) is 0 Å². The molecule has 0 radical (unpaired) electrons. The SMILES string of the molecule is COCCOCCOc1c(C)cc(CCN)cc1C. The van der Waals surface area contributed by atoms with E-state index in [9.17, 15) is 0 Å². The van der Waals surface area contributed by atoms with E-state index in [0.717, 1.165) is 23.3 Å². The summed E-state index contributed by atoms with van der Waals surface area (Å²) in [4.78, 5) is 0. The molecule has 1 aromatic rings. The van der Waals surface area contributed by atoms with Crippen LogP contribution in [0.4, 0.5) is 0 Å². The summed E-state index contributed by atoms with van der Waals surface area (Å²) in [6, 6.07) is 4.28. The number of hydrogen-bond donors (Lipinski definition) is 1. The molecule has 0 bridgehead atoms. The molecule has 0 saturated heterocycles. The number of methoxy groups -OCH3 is 1. The molecule has 1 aromatic carbocycles. The van der Waals surface area contributed by atoms with Gasteiger partial charge in [0.15, 0.2) is 0 Å². The second-order valence-corrected chi connectivity index (χ2v) is 4.55. The van der Waals surface area contributed by atoms with Gasteiger partial charge in [-0.05, 0) is 43.5 Å². The topological polar surface area (TPSA) is 53.7 Å². The molecule has 0 unspecified atom stereocenters. The van der Waals surface area contributed by atoms with E-state index in [1.54, 1.807) is 7.11 Å². The van der Waals surface area contributed by atoms with E-state index in [1.165, 1.54) is 5.56 Å². The molecule has 0 aliphatic heterocycles. The van der Waals surface area contributed by atoms with Crippen LogP contribution in [0.1, 0.15) is 16.7 Å². The molecule has 0 aliphatic rings. The summed E-state index contributed by atoms with van der Waals surface area (Å²) in [5.74, 6) is 0.955. The van der Waals surface area contributed by atoms with Crippen LogP contribution in [0.5, 0.6) is 5.75 Å². The fourth-order valence-corrected chi connectivity index (χ4v) is 2.03. The Bertz CT molecular complexity index is 357. The summed E-state index contributed by atoms with van der Waals surface area (Å²) >= 11 is 0. The molecular formula is C15H25NO3. The van der Waals surface area contributed by atoms with Gasteiger partial charge in [0.2, 0.25) is 0 Å². The maximum atomic E-state index is 5.78. The Labute approximate surface area is 115 Å². The highest BCUT2D eigenvalue weighted by atomic mass is 16.5. The van der Waals surface area contributed by atoms with Crippen molar-refractivity contribution in [3.63, 3.8) is 0 Å². The smallest absolute Gasteiger partial charge is 0.125 e. The fourth-order valence-electron chi connectivity index (χ4n) is 2.03. The van der Waals surface area contributed by atoms with Crippen LogP contribution in [-0.4, -0.2) is 40.1 Å². The van der Waals surface area contributed by atoms with Gasteiger partial charge in [-0.1, -0.05) is 12.1 Å². The molecule has 0 spiro atoms. The third-order valence-electron chi connectivity index (χ3n) is 2.86. The zero-order chi connectivity index (χ0) is 14.1. The first kappa shape index (κ1) is 16.0. The Balaban J connectivity index is 2.45. The number of nitrogens with two attached hydrogens (primary N) is 1. The van der Waals surface area contributed by atoms with Crippen molar-refractivity contribution in [1.29, 1.82) is 0 Å². The molecule has 4 nitrogen and oxygen atoms in total. The van der Waals surface area contributed by atoms with Crippen molar-refractivity contribution in [3.05, 3.63) is 28.8 Å². The molecule has 4 heteroatoms. The molecule has 0 fully saturated rings. The monoisotopic (exact) mass is 267 g/mol. The molecule has 0 saturated carbocycles. The third-order valence-corrected chi connectivity index (χ3v) is 2.86. The number of ether oxygens (including phenoxy) is 3. The summed E-state index contributed by atoms with van der Waals surface area (Å²) in [5.41, 5.74) is 9.15. The highest BCUT2D eigenvalue weighted by Crippen LogP contribution is 2.24. The van der Waals surface area contributed by atoms with E-state index in [-0.39, 0.29) is 0 Å². The van der Waals surface area contributed by atoms with Crippen LogP contribution < -0.4 is 10.5 Å². The fraction of sp³-hybridized carbons (Fsp3) is 0.600. The standard InChI is InChI=1S/C15H25NO3/c1-12-10-14(4-5-16)11-13(2)15(12)19-9-8-18-7-6-17-3/h10-11H,4-9,16H2,1-3H3. The van der Waals surface area contributed by atoms with Crippen molar-refractivity contribution in [2.24, 2.45) is 5.73 Å². The van der Waals surface area contributed by atoms with E-state index < -0.39 is 0 Å². The van der Waals surface area contributed by atoms with E-state index in [2.05, 4.69) is 26.0 Å². The van der Waals surface area contributed by atoms with Crippen LogP contribution in [0, 0.1) is 13.8 Å². The second kappa shape index (κ2) is 8.91. The normalized spacial score (nSPS) is 10.7. The van der Waals surface area contributed by atoms with Gasteiger partial charge in [0.1, 0.15) is 12.4 Å². The van der Waals surface area contributed by atoms with Gasteiger partial charge >= 0.3 is 0 Å². The van der Waals surface area contributed by atoms with Crippen molar-refractivity contribution < 1.29 is 14.2 Å². The average molecular weight is 267 g/mol. The molecule has 2 N–H and O–H groups in total. The third kappa shape index (κ3) is 5.59. The van der Waals surface area contributed by atoms with Crippen LogP contribution in [0.3, 0.4) is 0 Å². The maximum Gasteiger partial charge on any atom is 0.125 e. The molecular weight excluding hydrogens is 242 g/mol. The molecule has 108 valence electrons. The maximum absolute atomic E-state index is 5.78. The Morgan fingerprint density at radius 1 is 1.00 bits per heavy atom. The van der Waals surface area contributed by atoms with Gasteiger partial charge in [-0.25, -0.2) is 0 Å². The van der Waals surface area contributed by atoms with Gasteiger partial charge in [-0.15, -0.1) is 0 Å². The summed E-state index contributed by atoms with van der Waals surface area (Å²) in [6.07, 6.45) is 0.905. The van der Waals surface area contributed by atoms with Gasteiger partial charge in [0.05, 0.1) is 19.8 Å². The zero-order valence-electron chi connectivity index (χ0n) is 12.2. The van der Waals surface area contributed by atoms with Gasteiger partial charge in [0.25, 0.3) is 0 Å². The highest BCUT2D eigenvalue weighted by Gasteiger charge is 2.06. The Morgan fingerprint density at radius 3 is 2.21 bits per heavy atom. The summed E-state index contributed by atoms with van der Waals surface area (Å²) < 4.78 is 16.1. The lowest BCUT2D eigenvalue weighted by Crippen LogP contribution is -2.11. The largest absolute Gasteiger partial charge is 0.491 e. The minimum atomic E-state index is 0.557. The van der Waals surface area contributed by atoms with Gasteiger partial charge < -0.3 is 19.9 Å². The Hall–Kier alpha value is -1.10. The average Bonchev–Trinajstić information content (AvgIpc) is 2.36. The molecule has 0 aliphatic carbocycles. The lowest BCUT2D eigenvalue weighted by Gasteiger charge is -2.14. The Morgan fingerprint density at radius 2 is 1.63 bits per heavy atom. The van der Waals surface area contributed by atoms with Crippen LogP contribution >= 0.6 is 0 Å². The summed E-state index contributed by atoms with van der Waals surface area (Å²) in [7, 11) is 1.66. The highest BCUT2D eigenvalue weighted by molar-refractivity contribution is 5.43. The number of aryl methyl sites for hydroxylation is 2. The first-order chi connectivity index (χ1) is 9.19. The zero-order valence-corrected chi connectivity index (χ0v) is 12.2. The van der Waals surface area contributed by atoms with Crippen LogP contribution in [0.15, 0.2) is 12.1 Å². The first-order valence-electron chi connectivity index (χ1n) is 6.68. The van der Waals surface area contributed by atoms with Gasteiger partial charge in [0, 0.05) is 7.11 Å². The van der Waals surface area contributed by atoms with E-state index in [0.29, 0.717) is 33.0 Å². The van der Waals surface area contributed by atoms with E-state index in [1.807, 2.05) is 0 Å². The number of rotatable bonds is 9. The van der Waals surface area contributed by atoms with Crippen LogP contribution in [-0.2, 0) is 15.9 Å². The van der Waals surface area contributed by atoms with Crippen molar-refractivity contribution in [2.45, 2.75) is 20.3 Å².